The molecule has 1 heterocycles. The normalized spacial score (nSPS) is 17.4. The fourth-order valence-corrected chi connectivity index (χ4v) is 3.07. The predicted octanol–water partition coefficient (Wildman–Crippen LogP) is 2.02. The molecule has 1 N–H and O–H groups in total. The van der Waals surface area contributed by atoms with Crippen LogP contribution in [0.25, 0.3) is 0 Å². The molecule has 1 aliphatic rings. The van der Waals surface area contributed by atoms with Crippen molar-refractivity contribution in [2.45, 2.75) is 6.04 Å². The minimum Gasteiger partial charge on any atom is -0.497 e. The summed E-state index contributed by atoms with van der Waals surface area (Å²) in [5.74, 6) is -0.854. The molecule has 1 atom stereocenters. The van der Waals surface area contributed by atoms with Crippen LogP contribution in [0.3, 0.4) is 0 Å². The lowest BCUT2D eigenvalue weighted by molar-refractivity contribution is -0.134. The van der Waals surface area contributed by atoms with E-state index in [0.29, 0.717) is 17.2 Å². The number of nitrogens with one attached hydrogen (secondary N) is 1. The summed E-state index contributed by atoms with van der Waals surface area (Å²) in [6, 6.07) is 6.12. The SMILES string of the molecule is C=C(F)C(=O)N1CSCC1C(=O)Nc1ccc(OC)cc1. The third-order valence-corrected chi connectivity index (χ3v) is 4.05. The van der Waals surface area contributed by atoms with Crippen LogP contribution in [0.4, 0.5) is 10.1 Å². The van der Waals surface area contributed by atoms with Gasteiger partial charge >= 0.3 is 0 Å². The monoisotopic (exact) mass is 310 g/mol. The van der Waals surface area contributed by atoms with Gasteiger partial charge in [0.2, 0.25) is 5.91 Å². The molecular formula is C14H15FN2O3S. The highest BCUT2D eigenvalue weighted by Crippen LogP contribution is 2.24. The first-order valence-electron chi connectivity index (χ1n) is 6.21. The Labute approximate surface area is 126 Å². The molecule has 2 rings (SSSR count). The number of amides is 2. The number of methoxy groups -OCH3 is 1. The first kappa shape index (κ1) is 15.4. The van der Waals surface area contributed by atoms with Crippen LogP contribution in [0.2, 0.25) is 0 Å². The molecule has 0 bridgehead atoms. The van der Waals surface area contributed by atoms with Crippen LogP contribution in [0.5, 0.6) is 5.75 Å². The number of ether oxygens (including phenoxy) is 1. The van der Waals surface area contributed by atoms with E-state index in [-0.39, 0.29) is 11.8 Å². The minimum atomic E-state index is -1.06. The molecule has 1 fully saturated rings. The van der Waals surface area contributed by atoms with Gasteiger partial charge in [0.25, 0.3) is 5.91 Å². The smallest absolute Gasteiger partial charge is 0.283 e. The number of carbonyl (C=O) groups is 2. The lowest BCUT2D eigenvalue weighted by atomic mass is 10.2. The van der Waals surface area contributed by atoms with Gasteiger partial charge in [-0.15, -0.1) is 11.8 Å². The van der Waals surface area contributed by atoms with Crippen LogP contribution in [0.15, 0.2) is 36.7 Å². The Morgan fingerprint density at radius 3 is 2.67 bits per heavy atom. The predicted molar refractivity (Wildman–Crippen MR) is 79.8 cm³/mol. The standard InChI is InChI=1S/C14H15FN2O3S/c1-9(15)14(19)17-8-21-7-12(17)13(18)16-10-3-5-11(20-2)6-4-10/h3-6,12H,1,7-8H2,2H3,(H,16,18). The van der Waals surface area contributed by atoms with E-state index in [1.807, 2.05) is 0 Å². The molecule has 1 aromatic carbocycles. The van der Waals surface area contributed by atoms with Crippen molar-refractivity contribution in [3.05, 3.63) is 36.7 Å². The minimum absolute atomic E-state index is 0.280. The quantitative estimate of drug-likeness (QED) is 0.865. The first-order valence-corrected chi connectivity index (χ1v) is 7.36. The summed E-state index contributed by atoms with van der Waals surface area (Å²) in [4.78, 5) is 25.0. The molecule has 5 nitrogen and oxygen atoms in total. The number of carbonyl (C=O) groups excluding carboxylic acids is 2. The highest BCUT2D eigenvalue weighted by atomic mass is 32.2. The van der Waals surface area contributed by atoms with Gasteiger partial charge in [0.05, 0.1) is 13.0 Å². The summed E-state index contributed by atoms with van der Waals surface area (Å²) >= 11 is 1.40. The van der Waals surface area contributed by atoms with Crippen molar-refractivity contribution in [3.8, 4) is 5.75 Å². The Kier molecular flexibility index (Phi) is 4.85. The molecule has 1 unspecified atom stereocenters. The number of hydrogen-bond donors (Lipinski definition) is 1. The highest BCUT2D eigenvalue weighted by Gasteiger charge is 2.35. The number of anilines is 1. The number of nitrogens with zero attached hydrogens (tertiary/aromatic N) is 1. The van der Waals surface area contributed by atoms with Crippen molar-refractivity contribution in [1.82, 2.24) is 4.90 Å². The van der Waals surface area contributed by atoms with Gasteiger partial charge in [-0.3, -0.25) is 9.59 Å². The number of halogens is 1. The molecule has 2 amide bonds. The number of rotatable bonds is 4. The molecule has 1 aromatic rings. The van der Waals surface area contributed by atoms with E-state index in [9.17, 15) is 14.0 Å². The molecule has 21 heavy (non-hydrogen) atoms. The van der Waals surface area contributed by atoms with Gasteiger partial charge in [-0.25, -0.2) is 4.39 Å². The average molecular weight is 310 g/mol. The van der Waals surface area contributed by atoms with E-state index in [1.54, 1.807) is 31.4 Å². The molecule has 7 heteroatoms. The second-order valence-corrected chi connectivity index (χ2v) is 5.41. The van der Waals surface area contributed by atoms with Crippen LogP contribution in [0.1, 0.15) is 0 Å². The van der Waals surface area contributed by atoms with E-state index in [1.165, 1.54) is 16.7 Å². The summed E-state index contributed by atoms with van der Waals surface area (Å²) in [5.41, 5.74) is 0.587. The Morgan fingerprint density at radius 1 is 1.43 bits per heavy atom. The number of hydrogen-bond acceptors (Lipinski definition) is 4. The molecule has 0 aliphatic carbocycles. The summed E-state index contributed by atoms with van der Waals surface area (Å²) in [7, 11) is 1.55. The van der Waals surface area contributed by atoms with Crippen molar-refractivity contribution >= 4 is 29.3 Å². The average Bonchev–Trinajstić information content (AvgIpc) is 2.96. The van der Waals surface area contributed by atoms with E-state index in [2.05, 4.69) is 11.9 Å². The Balaban J connectivity index is 2.04. The third-order valence-electron chi connectivity index (χ3n) is 3.04. The van der Waals surface area contributed by atoms with Gasteiger partial charge in [0.1, 0.15) is 11.8 Å². The summed E-state index contributed by atoms with van der Waals surface area (Å²) in [6.07, 6.45) is 0. The molecule has 0 radical (unpaired) electrons. The zero-order chi connectivity index (χ0) is 15.4. The summed E-state index contributed by atoms with van der Waals surface area (Å²) in [5, 5.41) is 2.71. The van der Waals surface area contributed by atoms with E-state index in [4.69, 9.17) is 4.74 Å². The van der Waals surface area contributed by atoms with E-state index < -0.39 is 17.8 Å². The van der Waals surface area contributed by atoms with Crippen molar-refractivity contribution in [2.24, 2.45) is 0 Å². The third kappa shape index (κ3) is 3.55. The Hall–Kier alpha value is -2.02. The summed E-state index contributed by atoms with van der Waals surface area (Å²) in [6.45, 7) is 2.98. The highest BCUT2D eigenvalue weighted by molar-refractivity contribution is 7.99. The topological polar surface area (TPSA) is 58.6 Å². The molecule has 0 aromatic heterocycles. The maximum atomic E-state index is 13.0. The molecule has 1 saturated heterocycles. The van der Waals surface area contributed by atoms with Crippen molar-refractivity contribution < 1.29 is 18.7 Å². The van der Waals surface area contributed by atoms with Crippen LogP contribution in [-0.2, 0) is 9.59 Å². The van der Waals surface area contributed by atoms with E-state index >= 15 is 0 Å². The number of benzene rings is 1. The fourth-order valence-electron chi connectivity index (χ4n) is 1.92. The van der Waals surface area contributed by atoms with Crippen molar-refractivity contribution in [3.63, 3.8) is 0 Å². The van der Waals surface area contributed by atoms with Crippen LogP contribution >= 0.6 is 11.8 Å². The van der Waals surface area contributed by atoms with Crippen LogP contribution in [-0.4, -0.2) is 41.5 Å². The second kappa shape index (κ2) is 6.62. The van der Waals surface area contributed by atoms with Crippen molar-refractivity contribution in [2.75, 3.05) is 24.1 Å². The Morgan fingerprint density at radius 2 is 2.10 bits per heavy atom. The number of thioether (sulfide) groups is 1. The molecular weight excluding hydrogens is 295 g/mol. The zero-order valence-electron chi connectivity index (χ0n) is 11.5. The van der Waals surface area contributed by atoms with Crippen LogP contribution in [0, 0.1) is 0 Å². The van der Waals surface area contributed by atoms with Crippen molar-refractivity contribution in [1.29, 1.82) is 0 Å². The first-order chi connectivity index (χ1) is 10.0. The molecule has 0 spiro atoms. The maximum Gasteiger partial charge on any atom is 0.283 e. The fraction of sp³-hybridized carbons (Fsp3) is 0.286. The van der Waals surface area contributed by atoms with Gasteiger partial charge in [-0.2, -0.15) is 0 Å². The summed E-state index contributed by atoms with van der Waals surface area (Å²) < 4.78 is 18.0. The van der Waals surface area contributed by atoms with Gasteiger partial charge in [0.15, 0.2) is 5.83 Å². The molecule has 112 valence electrons. The molecule has 0 saturated carbocycles. The van der Waals surface area contributed by atoms with Gasteiger partial charge in [-0.05, 0) is 24.3 Å². The van der Waals surface area contributed by atoms with Crippen LogP contribution < -0.4 is 10.1 Å². The largest absolute Gasteiger partial charge is 0.497 e. The van der Waals surface area contributed by atoms with Gasteiger partial charge < -0.3 is 15.0 Å². The lowest BCUT2D eigenvalue weighted by Gasteiger charge is -2.22. The van der Waals surface area contributed by atoms with Gasteiger partial charge in [0, 0.05) is 11.4 Å². The maximum absolute atomic E-state index is 13.0. The second-order valence-electron chi connectivity index (χ2n) is 4.41. The van der Waals surface area contributed by atoms with E-state index in [0.717, 1.165) is 0 Å². The Bertz CT molecular complexity index is 562. The van der Waals surface area contributed by atoms with Gasteiger partial charge in [-0.1, -0.05) is 6.58 Å². The zero-order valence-corrected chi connectivity index (χ0v) is 12.3. The lowest BCUT2D eigenvalue weighted by Crippen LogP contribution is -2.44. The molecule has 1 aliphatic heterocycles.